The molecule has 1 aromatic heterocycles. The molecule has 0 aliphatic rings. The number of nitrogens with one attached hydrogen (secondary N) is 1. The molecule has 3 rings (SSSR count). The number of imidazole rings is 1. The molecule has 0 aliphatic carbocycles. The van der Waals surface area contributed by atoms with Crippen LogP contribution in [0, 0.1) is 6.92 Å². The number of alkyl halides is 2. The van der Waals surface area contributed by atoms with E-state index in [-0.39, 0.29) is 16.2 Å². The number of benzene rings is 2. The van der Waals surface area contributed by atoms with E-state index in [0.29, 0.717) is 10.1 Å². The van der Waals surface area contributed by atoms with E-state index in [4.69, 9.17) is 4.74 Å². The smallest absolute Gasteiger partial charge is 0.324 e. The molecule has 0 radical (unpaired) electrons. The number of aromatic nitrogens is 2. The molecule has 3 aromatic rings. The summed E-state index contributed by atoms with van der Waals surface area (Å²) >= 11 is 0. The number of ether oxygens (including phenoxy) is 1. The van der Waals surface area contributed by atoms with Crippen LogP contribution < -0.4 is 4.72 Å². The largest absolute Gasteiger partial charge is 0.456 e. The second kappa shape index (κ2) is 8.26. The summed E-state index contributed by atoms with van der Waals surface area (Å²) in [6, 6.07) is 11.2. The second-order valence-corrected chi connectivity index (χ2v) is 8.14. The number of nitrogens with zero attached hydrogens (tertiary/aromatic N) is 2. The van der Waals surface area contributed by atoms with Gasteiger partial charge in [0, 0.05) is 0 Å². The van der Waals surface area contributed by atoms with Crippen molar-refractivity contribution in [2.45, 2.75) is 37.9 Å². The van der Waals surface area contributed by atoms with Crippen molar-refractivity contribution in [2.75, 3.05) is 0 Å². The predicted octanol–water partition coefficient (Wildman–Crippen LogP) is 3.15. The lowest BCUT2D eigenvalue weighted by atomic mass is 10.2. The first-order chi connectivity index (χ1) is 13.7. The van der Waals surface area contributed by atoms with E-state index in [2.05, 4.69) is 9.71 Å². The van der Waals surface area contributed by atoms with Crippen molar-refractivity contribution in [3.63, 3.8) is 0 Å². The zero-order valence-corrected chi connectivity index (χ0v) is 16.5. The molecular weight excluding hydrogens is 404 g/mol. The van der Waals surface area contributed by atoms with Crippen molar-refractivity contribution in [1.82, 2.24) is 14.3 Å². The Kier molecular flexibility index (Phi) is 5.94. The zero-order valence-electron chi connectivity index (χ0n) is 15.7. The van der Waals surface area contributed by atoms with E-state index in [1.807, 2.05) is 6.92 Å². The van der Waals surface area contributed by atoms with Crippen molar-refractivity contribution in [3.05, 3.63) is 59.9 Å². The van der Waals surface area contributed by atoms with E-state index in [9.17, 15) is 22.0 Å². The summed E-state index contributed by atoms with van der Waals surface area (Å²) in [5.41, 5.74) is 1.44. The van der Waals surface area contributed by atoms with Crippen LogP contribution in [0.5, 0.6) is 0 Å². The fraction of sp³-hybridized carbons (Fsp3) is 0.263. The van der Waals surface area contributed by atoms with Gasteiger partial charge in [-0.15, -0.1) is 0 Å². The Morgan fingerprint density at radius 2 is 1.83 bits per heavy atom. The summed E-state index contributed by atoms with van der Waals surface area (Å²) in [6.07, 6.45) is 0. The van der Waals surface area contributed by atoms with E-state index >= 15 is 0 Å². The molecule has 10 heteroatoms. The first-order valence-electron chi connectivity index (χ1n) is 8.68. The van der Waals surface area contributed by atoms with Gasteiger partial charge >= 0.3 is 12.5 Å². The quantitative estimate of drug-likeness (QED) is 0.590. The average molecular weight is 423 g/mol. The van der Waals surface area contributed by atoms with Crippen LogP contribution in [0.25, 0.3) is 11.0 Å². The highest BCUT2D eigenvalue weighted by Gasteiger charge is 2.24. The standard InChI is InChI=1S/C19H19F2N3O4S/c1-12-7-9-14(10-8-12)29(26,27)23-13(2)18(25)28-11-17-22-15-5-3-4-6-16(15)24(17)19(20)21/h3-10,13,19,23H,11H2,1-2H3/t13-/m0/s1. The molecule has 1 heterocycles. The molecule has 0 saturated carbocycles. The predicted molar refractivity (Wildman–Crippen MR) is 102 cm³/mol. The minimum atomic E-state index is -3.94. The van der Waals surface area contributed by atoms with Crippen LogP contribution in [-0.2, 0) is 26.2 Å². The Morgan fingerprint density at radius 3 is 2.48 bits per heavy atom. The molecule has 7 nitrogen and oxygen atoms in total. The molecule has 1 N–H and O–H groups in total. The second-order valence-electron chi connectivity index (χ2n) is 6.43. The number of hydrogen-bond donors (Lipinski definition) is 1. The molecule has 0 fully saturated rings. The Labute approximate surface area is 166 Å². The summed E-state index contributed by atoms with van der Waals surface area (Å²) in [6.45, 7) is -0.261. The van der Waals surface area contributed by atoms with Crippen molar-refractivity contribution in [2.24, 2.45) is 0 Å². The van der Waals surface area contributed by atoms with E-state index in [1.54, 1.807) is 30.3 Å². The Bertz CT molecular complexity index is 1130. The van der Waals surface area contributed by atoms with E-state index in [1.165, 1.54) is 25.1 Å². The monoisotopic (exact) mass is 423 g/mol. The van der Waals surface area contributed by atoms with Crippen molar-refractivity contribution >= 4 is 27.0 Å². The number of fused-ring (bicyclic) bond motifs is 1. The lowest BCUT2D eigenvalue weighted by molar-refractivity contribution is -0.147. The topological polar surface area (TPSA) is 90.3 Å². The third kappa shape index (κ3) is 4.60. The first-order valence-corrected chi connectivity index (χ1v) is 10.2. The highest BCUT2D eigenvalue weighted by Crippen LogP contribution is 2.23. The van der Waals surface area contributed by atoms with Gasteiger partial charge in [0.15, 0.2) is 5.82 Å². The molecule has 0 amide bonds. The van der Waals surface area contributed by atoms with Gasteiger partial charge in [-0.3, -0.25) is 9.36 Å². The van der Waals surface area contributed by atoms with E-state index in [0.717, 1.165) is 5.56 Å². The number of para-hydroxylation sites is 2. The van der Waals surface area contributed by atoms with Gasteiger partial charge < -0.3 is 4.74 Å². The maximum Gasteiger partial charge on any atom is 0.324 e. The minimum absolute atomic E-state index is 0.00208. The van der Waals surface area contributed by atoms with Crippen LogP contribution >= 0.6 is 0 Å². The highest BCUT2D eigenvalue weighted by molar-refractivity contribution is 7.89. The molecule has 0 aliphatic heterocycles. The molecule has 0 spiro atoms. The summed E-state index contributed by atoms with van der Waals surface area (Å²) < 4.78 is 59.4. The van der Waals surface area contributed by atoms with Gasteiger partial charge in [-0.1, -0.05) is 29.8 Å². The molecular formula is C19H19F2N3O4S. The van der Waals surface area contributed by atoms with E-state index < -0.39 is 35.2 Å². The van der Waals surface area contributed by atoms with Gasteiger partial charge in [0.25, 0.3) is 0 Å². The number of esters is 1. The number of aryl methyl sites for hydroxylation is 1. The number of carbonyl (C=O) groups excluding carboxylic acids is 1. The fourth-order valence-corrected chi connectivity index (χ4v) is 3.93. The Balaban J connectivity index is 1.70. The lowest BCUT2D eigenvalue weighted by Crippen LogP contribution is -2.39. The number of carbonyl (C=O) groups is 1. The Hall–Kier alpha value is -2.85. The van der Waals surface area contributed by atoms with Crippen LogP contribution in [0.4, 0.5) is 8.78 Å². The van der Waals surface area contributed by atoms with Crippen LogP contribution in [0.3, 0.4) is 0 Å². The van der Waals surface area contributed by atoms with Gasteiger partial charge in [-0.25, -0.2) is 13.4 Å². The molecule has 29 heavy (non-hydrogen) atoms. The fourth-order valence-electron chi connectivity index (χ4n) is 2.74. The van der Waals surface area contributed by atoms with Gasteiger partial charge in [-0.05, 0) is 38.1 Å². The maximum absolute atomic E-state index is 13.4. The third-order valence-corrected chi connectivity index (χ3v) is 5.78. The average Bonchev–Trinajstić information content (AvgIpc) is 3.04. The zero-order chi connectivity index (χ0) is 21.2. The van der Waals surface area contributed by atoms with Crippen LogP contribution in [-0.4, -0.2) is 30.0 Å². The normalized spacial score (nSPS) is 13.0. The van der Waals surface area contributed by atoms with Gasteiger partial charge in [0.1, 0.15) is 12.6 Å². The van der Waals surface area contributed by atoms with Crippen LogP contribution in [0.2, 0.25) is 0 Å². The lowest BCUT2D eigenvalue weighted by Gasteiger charge is -2.14. The minimum Gasteiger partial charge on any atom is -0.456 e. The number of halogens is 2. The van der Waals surface area contributed by atoms with Gasteiger partial charge in [0.2, 0.25) is 10.0 Å². The summed E-state index contributed by atoms with van der Waals surface area (Å²) in [5, 5.41) is 0. The first kappa shape index (κ1) is 20.9. The molecule has 0 unspecified atom stereocenters. The molecule has 1 atom stereocenters. The van der Waals surface area contributed by atoms with Crippen molar-refractivity contribution in [1.29, 1.82) is 0 Å². The summed E-state index contributed by atoms with van der Waals surface area (Å²) in [5.74, 6) is -1.04. The summed E-state index contributed by atoms with van der Waals surface area (Å²) in [4.78, 5) is 16.3. The maximum atomic E-state index is 13.4. The van der Waals surface area contributed by atoms with Crippen molar-refractivity contribution in [3.8, 4) is 0 Å². The van der Waals surface area contributed by atoms with Gasteiger partial charge in [0.05, 0.1) is 15.9 Å². The molecule has 154 valence electrons. The number of sulfonamides is 1. The summed E-state index contributed by atoms with van der Waals surface area (Å²) in [7, 11) is -3.94. The Morgan fingerprint density at radius 1 is 1.17 bits per heavy atom. The number of rotatable bonds is 7. The molecule has 0 saturated heterocycles. The molecule has 2 aromatic carbocycles. The van der Waals surface area contributed by atoms with Crippen LogP contribution in [0.15, 0.2) is 53.4 Å². The highest BCUT2D eigenvalue weighted by atomic mass is 32.2. The van der Waals surface area contributed by atoms with Crippen LogP contribution in [0.1, 0.15) is 24.9 Å². The third-order valence-electron chi connectivity index (χ3n) is 4.22. The van der Waals surface area contributed by atoms with Crippen molar-refractivity contribution < 1.29 is 26.7 Å². The van der Waals surface area contributed by atoms with Gasteiger partial charge in [-0.2, -0.15) is 13.5 Å². The SMILES string of the molecule is Cc1ccc(S(=O)(=O)N[C@@H](C)C(=O)OCc2nc3ccccc3n2C(F)F)cc1. The number of hydrogen-bond acceptors (Lipinski definition) is 5. The molecule has 0 bridgehead atoms.